The van der Waals surface area contributed by atoms with Gasteiger partial charge in [-0.2, -0.15) is 0 Å². The lowest BCUT2D eigenvalue weighted by atomic mass is 10.1. The number of carbonyl (C=O) groups excluding carboxylic acids is 1. The van der Waals surface area contributed by atoms with Crippen LogP contribution >= 0.6 is 23.2 Å². The third-order valence-electron chi connectivity index (χ3n) is 3.15. The Labute approximate surface area is 139 Å². The van der Waals surface area contributed by atoms with E-state index in [0.29, 0.717) is 32.6 Å². The summed E-state index contributed by atoms with van der Waals surface area (Å²) in [4.78, 5) is 15.6. The maximum Gasteiger partial charge on any atom is 0.274 e. The van der Waals surface area contributed by atoms with E-state index in [-0.39, 0.29) is 12.0 Å². The highest BCUT2D eigenvalue weighted by molar-refractivity contribution is 6.42. The van der Waals surface area contributed by atoms with Crippen molar-refractivity contribution in [2.24, 2.45) is 0 Å². The molecule has 118 valence electrons. The smallest absolute Gasteiger partial charge is 0.274 e. The van der Waals surface area contributed by atoms with E-state index >= 15 is 0 Å². The molecule has 0 aliphatic heterocycles. The first kappa shape index (κ1) is 15.7. The molecule has 2 N–H and O–H groups in total. The standard InChI is InChI=1S/C15H9Cl2FN2O3/c16-10-5-12-13(6-11(10)17)23-14(19-12)3-7-1-8(15(21)20-22)4-9(18)2-7/h1-2,4-6,22H,3H2,(H,20,21). The van der Waals surface area contributed by atoms with E-state index < -0.39 is 11.7 Å². The number of nitrogens with one attached hydrogen (secondary N) is 1. The van der Waals surface area contributed by atoms with Crippen molar-refractivity contribution >= 4 is 40.2 Å². The first-order valence-corrected chi connectivity index (χ1v) is 7.20. The molecule has 23 heavy (non-hydrogen) atoms. The molecule has 3 aromatic rings. The van der Waals surface area contributed by atoms with E-state index in [0.717, 1.165) is 6.07 Å². The second-order valence-corrected chi connectivity index (χ2v) is 5.62. The topological polar surface area (TPSA) is 75.4 Å². The zero-order chi connectivity index (χ0) is 16.6. The van der Waals surface area contributed by atoms with Crippen LogP contribution in [0, 0.1) is 5.82 Å². The highest BCUT2D eigenvalue weighted by atomic mass is 35.5. The van der Waals surface area contributed by atoms with Crippen LogP contribution in [-0.4, -0.2) is 16.1 Å². The quantitative estimate of drug-likeness (QED) is 0.550. The van der Waals surface area contributed by atoms with Gasteiger partial charge in [0.1, 0.15) is 11.3 Å². The molecular formula is C15H9Cl2FN2O3. The number of nitrogens with zero attached hydrogens (tertiary/aromatic N) is 1. The van der Waals surface area contributed by atoms with Crippen molar-refractivity contribution in [3.63, 3.8) is 0 Å². The van der Waals surface area contributed by atoms with Crippen molar-refractivity contribution in [2.45, 2.75) is 6.42 Å². The van der Waals surface area contributed by atoms with Gasteiger partial charge in [-0.15, -0.1) is 0 Å². The molecule has 0 saturated carbocycles. The number of carbonyl (C=O) groups is 1. The summed E-state index contributed by atoms with van der Waals surface area (Å²) in [6.45, 7) is 0. The van der Waals surface area contributed by atoms with Crippen molar-refractivity contribution in [2.75, 3.05) is 0 Å². The van der Waals surface area contributed by atoms with Crippen LogP contribution in [0.15, 0.2) is 34.7 Å². The van der Waals surface area contributed by atoms with E-state index in [2.05, 4.69) is 4.98 Å². The molecule has 8 heteroatoms. The van der Waals surface area contributed by atoms with E-state index in [9.17, 15) is 9.18 Å². The lowest BCUT2D eigenvalue weighted by Gasteiger charge is -2.03. The van der Waals surface area contributed by atoms with Crippen molar-refractivity contribution in [1.82, 2.24) is 10.5 Å². The summed E-state index contributed by atoms with van der Waals surface area (Å²) in [7, 11) is 0. The Morgan fingerprint density at radius 3 is 2.70 bits per heavy atom. The number of oxazole rings is 1. The second-order valence-electron chi connectivity index (χ2n) is 4.81. The number of aromatic nitrogens is 1. The van der Waals surface area contributed by atoms with Gasteiger partial charge in [-0.25, -0.2) is 14.9 Å². The molecule has 2 aromatic carbocycles. The molecule has 0 saturated heterocycles. The summed E-state index contributed by atoms with van der Waals surface area (Å²) in [6, 6.07) is 6.82. The minimum atomic E-state index is -0.804. The van der Waals surface area contributed by atoms with E-state index in [4.69, 9.17) is 32.8 Å². The zero-order valence-electron chi connectivity index (χ0n) is 11.4. The highest BCUT2D eigenvalue weighted by Crippen LogP contribution is 2.28. The normalized spacial score (nSPS) is 11.0. The molecule has 0 spiro atoms. The van der Waals surface area contributed by atoms with E-state index in [1.165, 1.54) is 17.6 Å². The van der Waals surface area contributed by atoms with E-state index in [1.54, 1.807) is 12.1 Å². The van der Waals surface area contributed by atoms with Crippen molar-refractivity contribution in [3.05, 3.63) is 63.2 Å². The minimum absolute atomic E-state index is 0.00954. The second kappa shape index (κ2) is 6.16. The molecule has 0 fully saturated rings. The van der Waals surface area contributed by atoms with Gasteiger partial charge in [0, 0.05) is 18.1 Å². The van der Waals surface area contributed by atoms with Gasteiger partial charge in [-0.3, -0.25) is 10.0 Å². The van der Waals surface area contributed by atoms with Crippen LogP contribution in [0.25, 0.3) is 11.1 Å². The average molecular weight is 355 g/mol. The molecule has 1 heterocycles. The number of benzene rings is 2. The van der Waals surface area contributed by atoms with Crippen molar-refractivity contribution < 1.29 is 18.8 Å². The number of rotatable bonds is 3. The van der Waals surface area contributed by atoms with Crippen LogP contribution < -0.4 is 5.48 Å². The predicted molar refractivity (Wildman–Crippen MR) is 82.5 cm³/mol. The molecule has 3 rings (SSSR count). The number of hydrogen-bond acceptors (Lipinski definition) is 4. The van der Waals surface area contributed by atoms with Crippen LogP contribution in [0.3, 0.4) is 0 Å². The lowest BCUT2D eigenvalue weighted by molar-refractivity contribution is 0.0706. The van der Waals surface area contributed by atoms with Crippen molar-refractivity contribution in [1.29, 1.82) is 0 Å². The Kier molecular flexibility index (Phi) is 4.21. The van der Waals surface area contributed by atoms with Gasteiger partial charge in [0.05, 0.1) is 10.0 Å². The predicted octanol–water partition coefficient (Wildman–Crippen LogP) is 3.98. The average Bonchev–Trinajstić information content (AvgIpc) is 2.87. The Hall–Kier alpha value is -2.15. The van der Waals surface area contributed by atoms with Gasteiger partial charge in [-0.1, -0.05) is 23.2 Å². The van der Waals surface area contributed by atoms with Crippen LogP contribution in [0.1, 0.15) is 21.8 Å². The largest absolute Gasteiger partial charge is 0.440 e. The summed E-state index contributed by atoms with van der Waals surface area (Å²) < 4.78 is 19.1. The molecule has 1 aromatic heterocycles. The third kappa shape index (κ3) is 3.29. The van der Waals surface area contributed by atoms with Gasteiger partial charge in [0.2, 0.25) is 0 Å². The lowest BCUT2D eigenvalue weighted by Crippen LogP contribution is -2.19. The number of halogens is 3. The minimum Gasteiger partial charge on any atom is -0.440 e. The summed E-state index contributed by atoms with van der Waals surface area (Å²) in [5, 5.41) is 9.32. The molecule has 0 bridgehead atoms. The first-order chi connectivity index (χ1) is 11.0. The molecular weight excluding hydrogens is 346 g/mol. The molecule has 5 nitrogen and oxygen atoms in total. The summed E-state index contributed by atoms with van der Waals surface area (Å²) in [5.41, 5.74) is 2.90. The summed E-state index contributed by atoms with van der Waals surface area (Å²) in [5.74, 6) is -1.09. The number of hydrogen-bond donors (Lipinski definition) is 2. The van der Waals surface area contributed by atoms with Gasteiger partial charge in [0.25, 0.3) is 5.91 Å². The molecule has 0 aliphatic carbocycles. The zero-order valence-corrected chi connectivity index (χ0v) is 13.0. The van der Waals surface area contributed by atoms with Gasteiger partial charge < -0.3 is 4.42 Å². The Morgan fingerprint density at radius 1 is 1.22 bits per heavy atom. The van der Waals surface area contributed by atoms with Gasteiger partial charge in [0.15, 0.2) is 11.5 Å². The van der Waals surface area contributed by atoms with Crippen LogP contribution in [-0.2, 0) is 6.42 Å². The molecule has 0 aliphatic rings. The molecule has 0 unspecified atom stereocenters. The Morgan fingerprint density at radius 2 is 1.96 bits per heavy atom. The maximum atomic E-state index is 13.6. The highest BCUT2D eigenvalue weighted by Gasteiger charge is 2.13. The fraction of sp³-hybridized carbons (Fsp3) is 0.0667. The van der Waals surface area contributed by atoms with Crippen molar-refractivity contribution in [3.8, 4) is 0 Å². The first-order valence-electron chi connectivity index (χ1n) is 6.44. The number of fused-ring (bicyclic) bond motifs is 1. The fourth-order valence-electron chi connectivity index (χ4n) is 2.17. The summed E-state index contributed by atoms with van der Waals surface area (Å²) >= 11 is 11.8. The van der Waals surface area contributed by atoms with Crippen LogP contribution in [0.4, 0.5) is 4.39 Å². The summed E-state index contributed by atoms with van der Waals surface area (Å²) in [6.07, 6.45) is 0.160. The fourth-order valence-corrected chi connectivity index (χ4v) is 2.48. The Balaban J connectivity index is 1.95. The molecule has 0 atom stereocenters. The third-order valence-corrected chi connectivity index (χ3v) is 3.87. The monoisotopic (exact) mass is 354 g/mol. The number of amides is 1. The molecule has 1 amide bonds. The van der Waals surface area contributed by atoms with Crippen LogP contribution in [0.2, 0.25) is 10.0 Å². The SMILES string of the molecule is O=C(NO)c1cc(F)cc(Cc2nc3cc(Cl)c(Cl)cc3o2)c1. The van der Waals surface area contributed by atoms with Gasteiger partial charge >= 0.3 is 0 Å². The Bertz CT molecular complexity index is 872. The van der Waals surface area contributed by atoms with E-state index in [1.807, 2.05) is 0 Å². The van der Waals surface area contributed by atoms with Gasteiger partial charge in [-0.05, 0) is 29.8 Å². The maximum absolute atomic E-state index is 13.6. The molecule has 0 radical (unpaired) electrons. The van der Waals surface area contributed by atoms with Crippen LogP contribution in [0.5, 0.6) is 0 Å². The number of hydroxylamine groups is 1.